The van der Waals surface area contributed by atoms with Gasteiger partial charge in [0, 0.05) is 18.4 Å². The standard InChI is InChI=1S/C23H29F2N9O2/c1-13(2)33-18(7-8-27-33)21(35)30-20(19(14-3-4-14)15-5-6-15)22(36)29-16-9-28-32(11-16)12-17-10-26-31-34(17)23(24)25/h7-11,13-15,19-20,23H,3-6,12H2,1-2H3,(H,29,36)(H,30,35). The first-order valence-corrected chi connectivity index (χ1v) is 12.2. The lowest BCUT2D eigenvalue weighted by molar-refractivity contribution is -0.119. The number of aromatic nitrogens is 7. The average Bonchev–Trinajstić information content (AvgIpc) is 3.69. The van der Waals surface area contributed by atoms with Crippen molar-refractivity contribution in [2.75, 3.05) is 5.32 Å². The number of alkyl halides is 2. The summed E-state index contributed by atoms with van der Waals surface area (Å²) in [4.78, 5) is 26.7. The van der Waals surface area contributed by atoms with Crippen LogP contribution >= 0.6 is 0 Å². The van der Waals surface area contributed by atoms with E-state index < -0.39 is 12.6 Å². The Hall–Kier alpha value is -3.64. The van der Waals surface area contributed by atoms with Crippen molar-refractivity contribution in [2.24, 2.45) is 17.8 Å². The number of carbonyl (C=O) groups excluding carboxylic acids is 2. The van der Waals surface area contributed by atoms with Crippen molar-refractivity contribution < 1.29 is 18.4 Å². The highest BCUT2D eigenvalue weighted by atomic mass is 19.3. The first-order chi connectivity index (χ1) is 17.3. The van der Waals surface area contributed by atoms with Crippen molar-refractivity contribution >= 4 is 17.5 Å². The van der Waals surface area contributed by atoms with Crippen molar-refractivity contribution in [3.05, 3.63) is 42.2 Å². The van der Waals surface area contributed by atoms with E-state index in [0.717, 1.165) is 25.7 Å². The van der Waals surface area contributed by atoms with E-state index in [1.54, 1.807) is 23.1 Å². The molecule has 11 nitrogen and oxygen atoms in total. The summed E-state index contributed by atoms with van der Waals surface area (Å²) in [6, 6.07) is 0.940. The largest absolute Gasteiger partial charge is 0.339 e. The fourth-order valence-electron chi connectivity index (χ4n) is 4.79. The number of rotatable bonds is 11. The van der Waals surface area contributed by atoms with Crippen LogP contribution in [0.1, 0.15) is 68.3 Å². The van der Waals surface area contributed by atoms with Gasteiger partial charge in [0.1, 0.15) is 11.7 Å². The van der Waals surface area contributed by atoms with Gasteiger partial charge in [-0.25, -0.2) is 0 Å². The second-order valence-electron chi connectivity index (χ2n) is 9.82. The van der Waals surface area contributed by atoms with Crippen LogP contribution in [0, 0.1) is 17.8 Å². The number of carbonyl (C=O) groups is 2. The Morgan fingerprint density at radius 3 is 2.44 bits per heavy atom. The number of hydrogen-bond acceptors (Lipinski definition) is 6. The van der Waals surface area contributed by atoms with Crippen molar-refractivity contribution in [3.63, 3.8) is 0 Å². The number of anilines is 1. The first kappa shape index (κ1) is 24.1. The van der Waals surface area contributed by atoms with Gasteiger partial charge in [-0.3, -0.25) is 19.0 Å². The Morgan fingerprint density at radius 2 is 1.81 bits per heavy atom. The zero-order chi connectivity index (χ0) is 25.4. The van der Waals surface area contributed by atoms with Gasteiger partial charge in [-0.1, -0.05) is 5.21 Å². The highest BCUT2D eigenvalue weighted by Crippen LogP contribution is 2.50. The van der Waals surface area contributed by atoms with Crippen molar-refractivity contribution in [1.82, 2.24) is 39.9 Å². The second-order valence-corrected chi connectivity index (χ2v) is 9.82. The van der Waals surface area contributed by atoms with Gasteiger partial charge in [0.25, 0.3) is 5.91 Å². The molecule has 2 aliphatic rings. The summed E-state index contributed by atoms with van der Waals surface area (Å²) >= 11 is 0. The maximum absolute atomic E-state index is 13.5. The van der Waals surface area contributed by atoms with Crippen LogP contribution in [0.15, 0.2) is 30.9 Å². The molecule has 192 valence electrons. The molecule has 3 aromatic heterocycles. The van der Waals surface area contributed by atoms with Gasteiger partial charge in [0.05, 0.1) is 30.3 Å². The lowest BCUT2D eigenvalue weighted by Gasteiger charge is -2.27. The third-order valence-corrected chi connectivity index (χ3v) is 6.74. The minimum absolute atomic E-state index is 0.00176. The molecule has 3 heterocycles. The summed E-state index contributed by atoms with van der Waals surface area (Å²) in [5.74, 6) is 0.227. The van der Waals surface area contributed by atoms with Gasteiger partial charge in [0.2, 0.25) is 5.91 Å². The van der Waals surface area contributed by atoms with Crippen molar-refractivity contribution in [3.8, 4) is 0 Å². The van der Waals surface area contributed by atoms with E-state index in [1.807, 2.05) is 13.8 Å². The molecule has 3 aromatic rings. The van der Waals surface area contributed by atoms with Crippen LogP contribution in [-0.2, 0) is 11.3 Å². The summed E-state index contributed by atoms with van der Waals surface area (Å²) < 4.78 is 29.7. The molecule has 2 aliphatic carbocycles. The smallest absolute Gasteiger partial charge is 0.334 e. The maximum atomic E-state index is 13.5. The molecule has 0 aliphatic heterocycles. The molecular formula is C23H29F2N9O2. The Labute approximate surface area is 206 Å². The minimum atomic E-state index is -2.81. The number of nitrogens with one attached hydrogen (secondary N) is 2. The third-order valence-electron chi connectivity index (χ3n) is 6.74. The first-order valence-electron chi connectivity index (χ1n) is 12.2. The zero-order valence-electron chi connectivity index (χ0n) is 20.1. The molecule has 2 amide bonds. The minimum Gasteiger partial charge on any atom is -0.339 e. The molecule has 13 heteroatoms. The van der Waals surface area contributed by atoms with Gasteiger partial charge < -0.3 is 10.6 Å². The average molecular weight is 502 g/mol. The van der Waals surface area contributed by atoms with E-state index in [0.29, 0.717) is 27.9 Å². The quantitative estimate of drug-likeness (QED) is 0.416. The summed E-state index contributed by atoms with van der Waals surface area (Å²) in [6.07, 6.45) is 10.0. The van der Waals surface area contributed by atoms with Gasteiger partial charge in [-0.05, 0) is 63.4 Å². The zero-order valence-corrected chi connectivity index (χ0v) is 20.1. The van der Waals surface area contributed by atoms with Crippen LogP contribution in [0.3, 0.4) is 0 Å². The fourth-order valence-corrected chi connectivity index (χ4v) is 4.79. The molecule has 0 saturated heterocycles. The highest BCUT2D eigenvalue weighted by Gasteiger charge is 2.48. The molecule has 36 heavy (non-hydrogen) atoms. The molecule has 0 spiro atoms. The molecule has 2 saturated carbocycles. The predicted molar refractivity (Wildman–Crippen MR) is 124 cm³/mol. The third kappa shape index (κ3) is 5.14. The normalized spacial score (nSPS) is 16.6. The van der Waals surface area contributed by atoms with Gasteiger partial charge in [0.15, 0.2) is 0 Å². The van der Waals surface area contributed by atoms with Crippen molar-refractivity contribution in [2.45, 2.75) is 64.7 Å². The summed E-state index contributed by atoms with van der Waals surface area (Å²) in [6.45, 7) is 1.08. The fraction of sp³-hybridized carbons (Fsp3) is 0.565. The van der Waals surface area contributed by atoms with Crippen LogP contribution in [0.2, 0.25) is 0 Å². The van der Waals surface area contributed by atoms with Crippen LogP contribution < -0.4 is 10.6 Å². The molecule has 1 unspecified atom stereocenters. The molecule has 2 fully saturated rings. The number of amides is 2. The van der Waals surface area contributed by atoms with Crippen LogP contribution in [0.25, 0.3) is 0 Å². The van der Waals surface area contributed by atoms with E-state index in [1.165, 1.54) is 17.1 Å². The summed E-state index contributed by atoms with van der Waals surface area (Å²) in [5, 5.41) is 21.2. The van der Waals surface area contributed by atoms with Gasteiger partial charge >= 0.3 is 6.55 Å². The van der Waals surface area contributed by atoms with Crippen LogP contribution in [0.4, 0.5) is 14.5 Å². The molecule has 5 rings (SSSR count). The Morgan fingerprint density at radius 1 is 1.08 bits per heavy atom. The van der Waals surface area contributed by atoms with E-state index in [-0.39, 0.29) is 36.0 Å². The lowest BCUT2D eigenvalue weighted by Crippen LogP contribution is -2.50. The van der Waals surface area contributed by atoms with E-state index in [9.17, 15) is 18.4 Å². The molecule has 0 radical (unpaired) electrons. The lowest BCUT2D eigenvalue weighted by atomic mass is 9.88. The molecular weight excluding hydrogens is 472 g/mol. The summed E-state index contributed by atoms with van der Waals surface area (Å²) in [5.41, 5.74) is 0.999. The van der Waals surface area contributed by atoms with E-state index >= 15 is 0 Å². The number of hydrogen-bond donors (Lipinski definition) is 2. The van der Waals surface area contributed by atoms with Crippen LogP contribution in [-0.4, -0.2) is 52.4 Å². The molecule has 1 atom stereocenters. The summed E-state index contributed by atoms with van der Waals surface area (Å²) in [7, 11) is 0. The maximum Gasteiger partial charge on any atom is 0.334 e. The Bertz CT molecular complexity index is 1210. The van der Waals surface area contributed by atoms with Crippen molar-refractivity contribution in [1.29, 1.82) is 0 Å². The van der Waals surface area contributed by atoms with Crippen LogP contribution in [0.5, 0.6) is 0 Å². The second kappa shape index (κ2) is 9.78. The predicted octanol–water partition coefficient (Wildman–Crippen LogP) is 2.87. The number of halogens is 2. The van der Waals surface area contributed by atoms with E-state index in [2.05, 4.69) is 31.1 Å². The van der Waals surface area contributed by atoms with Gasteiger partial charge in [-0.2, -0.15) is 23.7 Å². The molecule has 0 bridgehead atoms. The van der Waals surface area contributed by atoms with Gasteiger partial charge in [-0.15, -0.1) is 5.10 Å². The number of nitrogens with zero attached hydrogens (tertiary/aromatic N) is 7. The Kier molecular flexibility index (Phi) is 6.54. The SMILES string of the molecule is CC(C)n1nccc1C(=O)NC(C(=O)Nc1cnn(Cc2cnnn2C(F)F)c1)C(C1CC1)C1CC1. The van der Waals surface area contributed by atoms with E-state index in [4.69, 9.17) is 0 Å². The molecule has 0 aromatic carbocycles. The topological polar surface area (TPSA) is 125 Å². The highest BCUT2D eigenvalue weighted by molar-refractivity contribution is 6.00. The monoisotopic (exact) mass is 501 g/mol. The Balaban J connectivity index is 1.32. The molecule has 2 N–H and O–H groups in total.